The smallest absolute Gasteiger partial charge is 0.339 e. The van der Waals surface area contributed by atoms with Gasteiger partial charge in [0.25, 0.3) is 0 Å². The Morgan fingerprint density at radius 3 is 2.68 bits per heavy atom. The maximum absolute atomic E-state index is 11.1. The lowest BCUT2D eigenvalue weighted by atomic mass is 10.1. The van der Waals surface area contributed by atoms with Crippen LogP contribution >= 0.6 is 23.2 Å². The summed E-state index contributed by atoms with van der Waals surface area (Å²) in [5.41, 5.74) is 0.906. The lowest BCUT2D eigenvalue weighted by Crippen LogP contribution is -2.01. The Morgan fingerprint density at radius 1 is 1.32 bits per heavy atom. The zero-order chi connectivity index (χ0) is 14.0. The van der Waals surface area contributed by atoms with Crippen molar-refractivity contribution >= 4 is 29.2 Å². The quantitative estimate of drug-likeness (QED) is 0.923. The summed E-state index contributed by atoms with van der Waals surface area (Å²) in [4.78, 5) is 15.0. The first-order chi connectivity index (χ1) is 8.97. The average Bonchev–Trinajstić information content (AvgIpc) is 2.32. The molecular weight excluding hydrogens is 289 g/mol. The number of carbonyl (C=O) groups is 1. The van der Waals surface area contributed by atoms with Gasteiger partial charge in [0.2, 0.25) is 5.88 Å². The van der Waals surface area contributed by atoms with E-state index in [2.05, 4.69) is 4.98 Å². The van der Waals surface area contributed by atoms with Gasteiger partial charge in [0.1, 0.15) is 16.3 Å². The molecule has 1 aromatic heterocycles. The molecule has 19 heavy (non-hydrogen) atoms. The van der Waals surface area contributed by atoms with Crippen molar-refractivity contribution in [2.24, 2.45) is 0 Å². The molecule has 0 aliphatic heterocycles. The van der Waals surface area contributed by atoms with Crippen molar-refractivity contribution in [1.29, 1.82) is 0 Å². The number of aromatic carboxylic acids is 1. The van der Waals surface area contributed by atoms with Gasteiger partial charge in [0.15, 0.2) is 0 Å². The number of carboxylic acids is 1. The van der Waals surface area contributed by atoms with Gasteiger partial charge in [-0.1, -0.05) is 29.3 Å². The van der Waals surface area contributed by atoms with Gasteiger partial charge in [-0.15, -0.1) is 0 Å². The molecule has 2 aromatic rings. The maximum Gasteiger partial charge on any atom is 0.339 e. The molecule has 0 amide bonds. The molecular formula is C13H9Cl2NO3. The van der Waals surface area contributed by atoms with Crippen molar-refractivity contribution in [2.75, 3.05) is 0 Å². The van der Waals surface area contributed by atoms with Crippen LogP contribution in [0.2, 0.25) is 10.0 Å². The van der Waals surface area contributed by atoms with E-state index in [1.54, 1.807) is 12.1 Å². The maximum atomic E-state index is 11.1. The third-order valence-electron chi connectivity index (χ3n) is 2.35. The molecule has 6 heteroatoms. The molecule has 0 spiro atoms. The number of aromatic nitrogens is 1. The summed E-state index contributed by atoms with van der Waals surface area (Å²) in [7, 11) is 0. The van der Waals surface area contributed by atoms with E-state index in [1.807, 2.05) is 6.92 Å². The Kier molecular flexibility index (Phi) is 3.93. The van der Waals surface area contributed by atoms with Crippen molar-refractivity contribution < 1.29 is 14.6 Å². The summed E-state index contributed by atoms with van der Waals surface area (Å²) in [5.74, 6) is -0.788. The Bertz CT molecular complexity index is 644. The Labute approximate surface area is 119 Å². The summed E-state index contributed by atoms with van der Waals surface area (Å²) in [6, 6.07) is 6.24. The van der Waals surface area contributed by atoms with Crippen LogP contribution in [0.1, 0.15) is 15.9 Å². The van der Waals surface area contributed by atoms with Crippen LogP contribution < -0.4 is 4.74 Å². The van der Waals surface area contributed by atoms with Gasteiger partial charge in [-0.3, -0.25) is 0 Å². The van der Waals surface area contributed by atoms with Crippen LogP contribution in [-0.4, -0.2) is 16.1 Å². The van der Waals surface area contributed by atoms with Crippen LogP contribution in [0.4, 0.5) is 0 Å². The zero-order valence-corrected chi connectivity index (χ0v) is 11.4. The fourth-order valence-electron chi connectivity index (χ4n) is 1.47. The SMILES string of the molecule is Cc1ccc(C(=O)O)c(Oc2ncc(Cl)cc2Cl)c1. The number of aryl methyl sites for hydroxylation is 1. The van der Waals surface area contributed by atoms with E-state index in [9.17, 15) is 4.79 Å². The highest BCUT2D eigenvalue weighted by molar-refractivity contribution is 6.35. The summed E-state index contributed by atoms with van der Waals surface area (Å²) in [5, 5.41) is 9.68. The highest BCUT2D eigenvalue weighted by Crippen LogP contribution is 2.31. The molecule has 2 rings (SSSR count). The highest BCUT2D eigenvalue weighted by atomic mass is 35.5. The molecule has 0 aliphatic rings. The topological polar surface area (TPSA) is 59.4 Å². The van der Waals surface area contributed by atoms with Crippen LogP contribution in [0.25, 0.3) is 0 Å². The van der Waals surface area contributed by atoms with Crippen molar-refractivity contribution in [3.05, 3.63) is 51.6 Å². The minimum atomic E-state index is -1.08. The molecule has 1 heterocycles. The standard InChI is InChI=1S/C13H9Cl2NO3/c1-7-2-3-9(13(17)18)11(4-7)19-12-10(15)5-8(14)6-16-12/h2-6H,1H3,(H,17,18). The first-order valence-electron chi connectivity index (χ1n) is 5.30. The molecule has 0 radical (unpaired) electrons. The largest absolute Gasteiger partial charge is 0.478 e. The van der Waals surface area contributed by atoms with Crippen molar-refractivity contribution in [3.63, 3.8) is 0 Å². The summed E-state index contributed by atoms with van der Waals surface area (Å²) < 4.78 is 5.45. The van der Waals surface area contributed by atoms with Crippen LogP contribution in [0.15, 0.2) is 30.5 Å². The molecule has 0 atom stereocenters. The molecule has 0 bridgehead atoms. The minimum Gasteiger partial charge on any atom is -0.478 e. The summed E-state index contributed by atoms with van der Waals surface area (Å²) in [6.45, 7) is 1.83. The van der Waals surface area contributed by atoms with Crippen molar-refractivity contribution in [1.82, 2.24) is 4.98 Å². The molecule has 1 N–H and O–H groups in total. The minimum absolute atomic E-state index is 0.0402. The fraction of sp³-hybridized carbons (Fsp3) is 0.0769. The van der Waals surface area contributed by atoms with E-state index >= 15 is 0 Å². The monoisotopic (exact) mass is 297 g/mol. The molecule has 0 unspecified atom stereocenters. The number of nitrogens with zero attached hydrogens (tertiary/aromatic N) is 1. The molecule has 1 aromatic carbocycles. The van der Waals surface area contributed by atoms with E-state index in [0.717, 1.165) is 5.56 Å². The van der Waals surface area contributed by atoms with Gasteiger partial charge < -0.3 is 9.84 Å². The van der Waals surface area contributed by atoms with Gasteiger partial charge in [0, 0.05) is 6.20 Å². The second-order valence-corrected chi connectivity index (χ2v) is 4.69. The van der Waals surface area contributed by atoms with Gasteiger partial charge in [-0.2, -0.15) is 0 Å². The van der Waals surface area contributed by atoms with E-state index in [4.69, 9.17) is 33.0 Å². The van der Waals surface area contributed by atoms with Gasteiger partial charge >= 0.3 is 5.97 Å². The van der Waals surface area contributed by atoms with Gasteiger partial charge in [-0.25, -0.2) is 9.78 Å². The van der Waals surface area contributed by atoms with E-state index in [1.165, 1.54) is 18.3 Å². The van der Waals surface area contributed by atoms with E-state index in [-0.39, 0.29) is 22.2 Å². The number of pyridine rings is 1. The van der Waals surface area contributed by atoms with Crippen LogP contribution in [0, 0.1) is 6.92 Å². The van der Waals surface area contributed by atoms with Gasteiger partial charge in [-0.05, 0) is 30.7 Å². The number of hydrogen-bond donors (Lipinski definition) is 1. The molecule has 0 fully saturated rings. The van der Waals surface area contributed by atoms with Crippen LogP contribution in [-0.2, 0) is 0 Å². The first-order valence-corrected chi connectivity index (χ1v) is 6.06. The van der Waals surface area contributed by atoms with Crippen molar-refractivity contribution in [3.8, 4) is 11.6 Å². The first kappa shape index (κ1) is 13.6. The average molecular weight is 298 g/mol. The zero-order valence-electron chi connectivity index (χ0n) is 9.85. The Hall–Kier alpha value is -1.78. The Balaban J connectivity index is 2.42. The third-order valence-corrected chi connectivity index (χ3v) is 2.83. The number of carboxylic acid groups (broad SMARTS) is 1. The number of rotatable bonds is 3. The second-order valence-electron chi connectivity index (χ2n) is 3.85. The predicted octanol–water partition coefficient (Wildman–Crippen LogP) is 4.19. The van der Waals surface area contributed by atoms with E-state index < -0.39 is 5.97 Å². The summed E-state index contributed by atoms with van der Waals surface area (Å²) >= 11 is 11.7. The molecule has 4 nitrogen and oxygen atoms in total. The molecule has 0 aliphatic carbocycles. The molecule has 98 valence electrons. The third kappa shape index (κ3) is 3.16. The van der Waals surface area contributed by atoms with E-state index in [0.29, 0.717) is 5.02 Å². The summed E-state index contributed by atoms with van der Waals surface area (Å²) in [6.07, 6.45) is 1.37. The molecule has 0 saturated carbocycles. The number of halogens is 2. The van der Waals surface area contributed by atoms with Crippen LogP contribution in [0.3, 0.4) is 0 Å². The highest BCUT2D eigenvalue weighted by Gasteiger charge is 2.14. The Morgan fingerprint density at radius 2 is 2.05 bits per heavy atom. The number of hydrogen-bond acceptors (Lipinski definition) is 3. The van der Waals surface area contributed by atoms with Gasteiger partial charge in [0.05, 0.1) is 5.02 Å². The second kappa shape index (κ2) is 5.47. The van der Waals surface area contributed by atoms with Crippen molar-refractivity contribution in [2.45, 2.75) is 6.92 Å². The number of benzene rings is 1. The normalized spacial score (nSPS) is 10.3. The molecule has 0 saturated heterocycles. The lowest BCUT2D eigenvalue weighted by molar-refractivity contribution is 0.0694. The fourth-order valence-corrected chi connectivity index (χ4v) is 1.89. The predicted molar refractivity (Wildman–Crippen MR) is 72.5 cm³/mol. The van der Waals surface area contributed by atoms with Crippen LogP contribution in [0.5, 0.6) is 11.6 Å². The number of ether oxygens (including phenoxy) is 1. The lowest BCUT2D eigenvalue weighted by Gasteiger charge is -2.10.